The highest BCUT2D eigenvalue weighted by Gasteiger charge is 2.19. The van der Waals surface area contributed by atoms with Crippen LogP contribution in [-0.4, -0.2) is 37.7 Å². The van der Waals surface area contributed by atoms with Gasteiger partial charge < -0.3 is 9.64 Å². The Bertz CT molecular complexity index is 75.0. The van der Waals surface area contributed by atoms with Crippen LogP contribution in [0.4, 0.5) is 0 Å². The van der Waals surface area contributed by atoms with Gasteiger partial charge in [0.05, 0.1) is 6.10 Å². The summed E-state index contributed by atoms with van der Waals surface area (Å²) in [5, 5.41) is 0. The second-order valence-corrected chi connectivity index (χ2v) is 2.45. The van der Waals surface area contributed by atoms with E-state index in [0.29, 0.717) is 6.10 Å². The van der Waals surface area contributed by atoms with Gasteiger partial charge in [-0.25, -0.2) is 0 Å². The molecule has 0 spiro atoms. The zero-order valence-electron chi connectivity index (χ0n) is 5.97. The van der Waals surface area contributed by atoms with E-state index in [1.54, 1.807) is 7.11 Å². The molecule has 0 bridgehead atoms. The van der Waals surface area contributed by atoms with Gasteiger partial charge >= 0.3 is 0 Å². The largest absolute Gasteiger partial charge is 0.380 e. The quantitative estimate of drug-likeness (QED) is 0.538. The van der Waals surface area contributed by atoms with Crippen molar-refractivity contribution in [1.82, 2.24) is 4.90 Å². The van der Waals surface area contributed by atoms with Crippen molar-refractivity contribution in [3.8, 4) is 0 Å². The monoisotopic (exact) mass is 128 g/mol. The number of methoxy groups -OCH3 is 1. The van der Waals surface area contributed by atoms with Crippen LogP contribution in [0.3, 0.4) is 0 Å². The summed E-state index contributed by atoms with van der Waals surface area (Å²) in [5.74, 6) is 0. The van der Waals surface area contributed by atoms with Crippen LogP contribution in [-0.2, 0) is 4.74 Å². The Morgan fingerprint density at radius 1 is 1.78 bits per heavy atom. The maximum atomic E-state index is 5.17. The van der Waals surface area contributed by atoms with Crippen LogP contribution < -0.4 is 0 Å². The lowest BCUT2D eigenvalue weighted by atomic mass is 10.3. The van der Waals surface area contributed by atoms with Crippen molar-refractivity contribution < 1.29 is 4.74 Å². The predicted molar refractivity (Wildman–Crippen MR) is 37.2 cm³/mol. The fourth-order valence-corrected chi connectivity index (χ4v) is 1.19. The second-order valence-electron chi connectivity index (χ2n) is 2.45. The Morgan fingerprint density at radius 2 is 2.56 bits per heavy atom. The van der Waals surface area contributed by atoms with E-state index in [4.69, 9.17) is 4.74 Å². The molecule has 1 heterocycles. The molecule has 9 heavy (non-hydrogen) atoms. The van der Waals surface area contributed by atoms with Crippen LogP contribution in [0, 0.1) is 6.92 Å². The molecule has 0 saturated carbocycles. The van der Waals surface area contributed by atoms with Gasteiger partial charge in [-0.3, -0.25) is 0 Å². The van der Waals surface area contributed by atoms with Gasteiger partial charge in [-0.15, -0.1) is 0 Å². The topological polar surface area (TPSA) is 12.5 Å². The first-order valence-electron chi connectivity index (χ1n) is 3.41. The van der Waals surface area contributed by atoms with E-state index in [-0.39, 0.29) is 0 Å². The first-order valence-corrected chi connectivity index (χ1v) is 3.41. The number of ether oxygens (including phenoxy) is 1. The third-order valence-electron chi connectivity index (χ3n) is 1.88. The Morgan fingerprint density at radius 3 is 2.89 bits per heavy atom. The molecule has 1 saturated heterocycles. The maximum Gasteiger partial charge on any atom is 0.0710 e. The molecule has 0 N–H and O–H groups in total. The highest BCUT2D eigenvalue weighted by Crippen LogP contribution is 2.09. The van der Waals surface area contributed by atoms with Gasteiger partial charge in [0, 0.05) is 20.2 Å². The van der Waals surface area contributed by atoms with Crippen LogP contribution in [0.15, 0.2) is 0 Å². The minimum Gasteiger partial charge on any atom is -0.380 e. The summed E-state index contributed by atoms with van der Waals surface area (Å²) in [6, 6.07) is 0. The molecule has 1 unspecified atom stereocenters. The molecule has 0 aromatic carbocycles. The Balaban J connectivity index is 2.20. The first-order chi connectivity index (χ1) is 4.36. The fraction of sp³-hybridized carbons (Fsp3) is 0.857. The minimum absolute atomic E-state index is 0.465. The standard InChI is InChI=1S/C7H14NO/c1-3-8-5-4-7(6-8)9-2/h7H,1,3-6H2,2H3. The van der Waals surface area contributed by atoms with Crippen molar-refractivity contribution >= 4 is 0 Å². The molecule has 0 aromatic heterocycles. The fourth-order valence-electron chi connectivity index (χ4n) is 1.19. The molecule has 1 atom stereocenters. The summed E-state index contributed by atoms with van der Waals surface area (Å²) < 4.78 is 5.17. The van der Waals surface area contributed by atoms with Gasteiger partial charge in [-0.1, -0.05) is 0 Å². The van der Waals surface area contributed by atoms with E-state index >= 15 is 0 Å². The lowest BCUT2D eigenvalue weighted by molar-refractivity contribution is 0.109. The molecule has 1 fully saturated rings. The molecular formula is C7H14NO. The van der Waals surface area contributed by atoms with Crippen molar-refractivity contribution in [3.05, 3.63) is 6.92 Å². The molecular weight excluding hydrogens is 114 g/mol. The zero-order valence-corrected chi connectivity index (χ0v) is 5.97. The molecule has 0 aromatic rings. The van der Waals surface area contributed by atoms with Crippen LogP contribution in [0.1, 0.15) is 6.42 Å². The maximum absolute atomic E-state index is 5.17. The highest BCUT2D eigenvalue weighted by atomic mass is 16.5. The Kier molecular flexibility index (Phi) is 2.49. The highest BCUT2D eigenvalue weighted by molar-refractivity contribution is 4.75. The van der Waals surface area contributed by atoms with E-state index in [9.17, 15) is 0 Å². The van der Waals surface area contributed by atoms with Gasteiger partial charge in [0.25, 0.3) is 0 Å². The second kappa shape index (κ2) is 3.18. The summed E-state index contributed by atoms with van der Waals surface area (Å²) in [4.78, 5) is 2.30. The first kappa shape index (κ1) is 7.03. The van der Waals surface area contributed by atoms with E-state index in [0.717, 1.165) is 19.6 Å². The van der Waals surface area contributed by atoms with Gasteiger partial charge in [0.15, 0.2) is 0 Å². The molecule has 0 aliphatic carbocycles. The predicted octanol–water partition coefficient (Wildman–Crippen LogP) is 0.541. The molecule has 0 amide bonds. The van der Waals surface area contributed by atoms with E-state index in [1.807, 2.05) is 0 Å². The van der Waals surface area contributed by atoms with Crippen LogP contribution in [0.5, 0.6) is 0 Å². The third kappa shape index (κ3) is 1.66. The number of likely N-dealkylation sites (tertiary alicyclic amines) is 1. The molecule has 1 radical (unpaired) electrons. The summed E-state index contributed by atoms with van der Waals surface area (Å²) in [6.45, 7) is 6.95. The molecule has 1 aliphatic rings. The summed E-state index contributed by atoms with van der Waals surface area (Å²) in [5.41, 5.74) is 0. The molecule has 1 aliphatic heterocycles. The third-order valence-corrected chi connectivity index (χ3v) is 1.88. The van der Waals surface area contributed by atoms with Crippen molar-refractivity contribution in [2.75, 3.05) is 26.7 Å². The Hall–Kier alpha value is -0.0800. The van der Waals surface area contributed by atoms with Crippen molar-refractivity contribution in [1.29, 1.82) is 0 Å². The van der Waals surface area contributed by atoms with Gasteiger partial charge in [0.1, 0.15) is 0 Å². The molecule has 2 heteroatoms. The van der Waals surface area contributed by atoms with Gasteiger partial charge in [-0.05, 0) is 19.9 Å². The Labute approximate surface area is 56.8 Å². The lowest BCUT2D eigenvalue weighted by Crippen LogP contribution is -2.22. The van der Waals surface area contributed by atoms with Crippen molar-refractivity contribution in [2.45, 2.75) is 12.5 Å². The van der Waals surface area contributed by atoms with Crippen LogP contribution in [0.25, 0.3) is 0 Å². The lowest BCUT2D eigenvalue weighted by Gasteiger charge is -2.10. The van der Waals surface area contributed by atoms with E-state index in [1.165, 1.54) is 6.42 Å². The average molecular weight is 128 g/mol. The number of hydrogen-bond donors (Lipinski definition) is 0. The van der Waals surface area contributed by atoms with E-state index < -0.39 is 0 Å². The number of hydrogen-bond acceptors (Lipinski definition) is 2. The molecule has 1 rings (SSSR count). The summed E-state index contributed by atoms with van der Waals surface area (Å²) in [7, 11) is 1.78. The molecule has 2 nitrogen and oxygen atoms in total. The summed E-state index contributed by atoms with van der Waals surface area (Å²) in [6.07, 6.45) is 1.64. The average Bonchev–Trinajstić information content (AvgIpc) is 2.34. The smallest absolute Gasteiger partial charge is 0.0710 e. The van der Waals surface area contributed by atoms with E-state index in [2.05, 4.69) is 11.8 Å². The number of nitrogens with zero attached hydrogens (tertiary/aromatic N) is 1. The normalized spacial score (nSPS) is 29.3. The minimum atomic E-state index is 0.465. The summed E-state index contributed by atoms with van der Waals surface area (Å²) >= 11 is 0. The van der Waals surface area contributed by atoms with Gasteiger partial charge in [-0.2, -0.15) is 0 Å². The SMILES string of the molecule is [CH2]CN1CCC(OC)C1. The van der Waals surface area contributed by atoms with Crippen LogP contribution in [0.2, 0.25) is 0 Å². The zero-order chi connectivity index (χ0) is 6.69. The van der Waals surface area contributed by atoms with Gasteiger partial charge in [0.2, 0.25) is 0 Å². The van der Waals surface area contributed by atoms with Crippen molar-refractivity contribution in [3.63, 3.8) is 0 Å². The van der Waals surface area contributed by atoms with Crippen molar-refractivity contribution in [2.24, 2.45) is 0 Å². The number of rotatable bonds is 2. The van der Waals surface area contributed by atoms with Crippen LogP contribution >= 0.6 is 0 Å². The molecule has 53 valence electrons.